The molecule has 2 heterocycles. The van der Waals surface area contributed by atoms with Crippen LogP contribution in [0.3, 0.4) is 0 Å². The maximum absolute atomic E-state index is 11.5. The molecule has 0 aliphatic rings. The normalized spacial score (nSPS) is 10.9. The van der Waals surface area contributed by atoms with Crippen molar-refractivity contribution in [2.24, 2.45) is 0 Å². The average molecular weight is 273 g/mol. The first-order valence-electron chi connectivity index (χ1n) is 5.77. The number of benzene rings is 1. The third-order valence-electron chi connectivity index (χ3n) is 2.73. The second-order valence-electron chi connectivity index (χ2n) is 4.11. The molecule has 0 unspecified atom stereocenters. The molecule has 2 N–H and O–H groups in total. The van der Waals surface area contributed by atoms with Gasteiger partial charge in [0.2, 0.25) is 4.96 Å². The Labute approximate surface area is 112 Å². The zero-order valence-corrected chi connectivity index (χ0v) is 10.8. The van der Waals surface area contributed by atoms with Gasteiger partial charge in [-0.2, -0.15) is 14.7 Å². The first kappa shape index (κ1) is 11.8. The van der Waals surface area contributed by atoms with Crippen molar-refractivity contribution >= 4 is 22.0 Å². The van der Waals surface area contributed by atoms with Gasteiger partial charge in [0.05, 0.1) is 0 Å². The Morgan fingerprint density at radius 2 is 2.00 bits per heavy atom. The average Bonchev–Trinajstić information content (AvgIpc) is 2.83. The van der Waals surface area contributed by atoms with Crippen molar-refractivity contribution in [1.82, 2.24) is 19.8 Å². The summed E-state index contributed by atoms with van der Waals surface area (Å²) in [7, 11) is 0. The van der Waals surface area contributed by atoms with Gasteiger partial charge in [0.15, 0.2) is 0 Å². The van der Waals surface area contributed by atoms with Gasteiger partial charge in [-0.25, -0.2) is 0 Å². The Balaban J connectivity index is 1.80. The highest BCUT2D eigenvalue weighted by Gasteiger charge is 2.06. The maximum atomic E-state index is 11.5. The SMILES string of the molecule is Nc1ccc(CCc2nn3c(=O)cnnc3s2)cc1. The summed E-state index contributed by atoms with van der Waals surface area (Å²) in [5.74, 6) is 0. The molecule has 3 aromatic rings. The van der Waals surface area contributed by atoms with Gasteiger partial charge in [-0.3, -0.25) is 4.79 Å². The van der Waals surface area contributed by atoms with Crippen LogP contribution in [0.2, 0.25) is 0 Å². The van der Waals surface area contributed by atoms with E-state index in [4.69, 9.17) is 5.73 Å². The molecular formula is C12H11N5OS. The predicted molar refractivity (Wildman–Crippen MR) is 73.2 cm³/mol. The van der Waals surface area contributed by atoms with Crippen LogP contribution in [0.1, 0.15) is 10.6 Å². The molecule has 2 aromatic heterocycles. The summed E-state index contributed by atoms with van der Waals surface area (Å²) < 4.78 is 1.29. The molecule has 0 spiro atoms. The maximum Gasteiger partial charge on any atom is 0.293 e. The molecule has 0 bridgehead atoms. The molecule has 0 fully saturated rings. The number of anilines is 1. The second-order valence-corrected chi connectivity index (χ2v) is 5.16. The zero-order chi connectivity index (χ0) is 13.2. The zero-order valence-electron chi connectivity index (χ0n) is 9.98. The van der Waals surface area contributed by atoms with Crippen molar-refractivity contribution in [1.29, 1.82) is 0 Å². The van der Waals surface area contributed by atoms with Crippen LogP contribution in [0.15, 0.2) is 35.3 Å². The lowest BCUT2D eigenvalue weighted by Gasteiger charge is -1.99. The summed E-state index contributed by atoms with van der Waals surface area (Å²) >= 11 is 1.39. The third-order valence-corrected chi connectivity index (χ3v) is 3.69. The number of hydrogen-bond donors (Lipinski definition) is 1. The molecule has 1 aromatic carbocycles. The van der Waals surface area contributed by atoms with Crippen molar-refractivity contribution in [2.45, 2.75) is 12.8 Å². The molecule has 0 aliphatic heterocycles. The largest absolute Gasteiger partial charge is 0.399 e. The Hall–Kier alpha value is -2.28. The molecule has 0 aliphatic carbocycles. The molecule has 0 radical (unpaired) electrons. The van der Waals surface area contributed by atoms with Gasteiger partial charge >= 0.3 is 0 Å². The van der Waals surface area contributed by atoms with Crippen LogP contribution in [0, 0.1) is 0 Å². The van der Waals surface area contributed by atoms with E-state index in [0.29, 0.717) is 4.96 Å². The minimum Gasteiger partial charge on any atom is -0.399 e. The topological polar surface area (TPSA) is 86.2 Å². The van der Waals surface area contributed by atoms with Crippen molar-refractivity contribution in [2.75, 3.05) is 5.73 Å². The Bertz CT molecular complexity index is 762. The highest BCUT2D eigenvalue weighted by atomic mass is 32.1. The van der Waals surface area contributed by atoms with E-state index in [2.05, 4.69) is 15.3 Å². The number of hydrogen-bond acceptors (Lipinski definition) is 6. The molecule has 0 amide bonds. The van der Waals surface area contributed by atoms with E-state index in [9.17, 15) is 4.79 Å². The molecule has 0 saturated carbocycles. The minimum absolute atomic E-state index is 0.250. The summed E-state index contributed by atoms with van der Waals surface area (Å²) in [4.78, 5) is 12.0. The fourth-order valence-electron chi connectivity index (χ4n) is 1.75. The van der Waals surface area contributed by atoms with Gasteiger partial charge in [-0.05, 0) is 24.1 Å². The first-order valence-corrected chi connectivity index (χ1v) is 6.59. The third kappa shape index (κ3) is 2.45. The molecule has 6 nitrogen and oxygen atoms in total. The van der Waals surface area contributed by atoms with Crippen LogP contribution < -0.4 is 11.3 Å². The monoisotopic (exact) mass is 273 g/mol. The molecule has 19 heavy (non-hydrogen) atoms. The molecule has 7 heteroatoms. The lowest BCUT2D eigenvalue weighted by atomic mass is 10.1. The van der Waals surface area contributed by atoms with Gasteiger partial charge in [0.25, 0.3) is 5.56 Å². The number of fused-ring (bicyclic) bond motifs is 1. The predicted octanol–water partition coefficient (Wildman–Crippen LogP) is 0.913. The number of nitrogens with zero attached hydrogens (tertiary/aromatic N) is 4. The number of aryl methyl sites for hydroxylation is 2. The quantitative estimate of drug-likeness (QED) is 0.717. The van der Waals surface area contributed by atoms with Crippen molar-refractivity contribution < 1.29 is 0 Å². The van der Waals surface area contributed by atoms with E-state index in [-0.39, 0.29) is 5.56 Å². The van der Waals surface area contributed by atoms with E-state index < -0.39 is 0 Å². The Morgan fingerprint density at radius 1 is 1.21 bits per heavy atom. The summed E-state index contributed by atoms with van der Waals surface area (Å²) in [6.45, 7) is 0. The standard InChI is InChI=1S/C12H11N5OS/c13-9-4-1-8(2-5-9)3-6-10-16-17-11(18)7-14-15-12(17)19-10/h1-2,4-5,7H,3,6,13H2. The van der Waals surface area contributed by atoms with Gasteiger partial charge in [-0.15, -0.1) is 5.10 Å². The fraction of sp³-hybridized carbons (Fsp3) is 0.167. The van der Waals surface area contributed by atoms with Gasteiger partial charge in [0.1, 0.15) is 11.2 Å². The Kier molecular flexibility index (Phi) is 2.96. The number of rotatable bonds is 3. The van der Waals surface area contributed by atoms with Crippen LogP contribution in [-0.2, 0) is 12.8 Å². The fourth-order valence-corrected chi connectivity index (χ4v) is 2.59. The van der Waals surface area contributed by atoms with Crippen LogP contribution in [0.25, 0.3) is 4.96 Å². The molecule has 0 saturated heterocycles. The molecule has 96 valence electrons. The summed E-state index contributed by atoms with van der Waals surface area (Å²) in [6, 6.07) is 7.75. The van der Waals surface area contributed by atoms with Crippen LogP contribution in [0.4, 0.5) is 5.69 Å². The highest BCUT2D eigenvalue weighted by molar-refractivity contribution is 7.16. The second kappa shape index (κ2) is 4.77. The van der Waals surface area contributed by atoms with Gasteiger partial charge < -0.3 is 5.73 Å². The summed E-state index contributed by atoms with van der Waals surface area (Å²) in [6.07, 6.45) is 2.77. The van der Waals surface area contributed by atoms with Crippen LogP contribution in [0.5, 0.6) is 0 Å². The van der Waals surface area contributed by atoms with Gasteiger partial charge in [0, 0.05) is 12.1 Å². The van der Waals surface area contributed by atoms with Crippen molar-refractivity contribution in [3.63, 3.8) is 0 Å². The van der Waals surface area contributed by atoms with E-state index in [0.717, 1.165) is 29.7 Å². The van der Waals surface area contributed by atoms with E-state index in [1.807, 2.05) is 24.3 Å². The van der Waals surface area contributed by atoms with Gasteiger partial charge in [-0.1, -0.05) is 23.5 Å². The van der Waals surface area contributed by atoms with Crippen LogP contribution in [-0.4, -0.2) is 19.8 Å². The minimum atomic E-state index is -0.250. The number of nitrogens with two attached hydrogens (primary N) is 1. The van der Waals surface area contributed by atoms with E-state index >= 15 is 0 Å². The van der Waals surface area contributed by atoms with Crippen molar-refractivity contribution in [3.05, 3.63) is 51.4 Å². The highest BCUT2D eigenvalue weighted by Crippen LogP contribution is 2.14. The summed E-state index contributed by atoms with van der Waals surface area (Å²) in [5.41, 5.74) is 7.33. The van der Waals surface area contributed by atoms with Crippen LogP contribution >= 0.6 is 11.3 Å². The molecular weight excluding hydrogens is 262 g/mol. The smallest absolute Gasteiger partial charge is 0.293 e. The van der Waals surface area contributed by atoms with E-state index in [1.54, 1.807) is 0 Å². The molecule has 3 rings (SSSR count). The summed E-state index contributed by atoms with van der Waals surface area (Å²) in [5, 5.41) is 12.6. The lowest BCUT2D eigenvalue weighted by molar-refractivity contribution is 0.811. The number of aromatic nitrogens is 4. The first-order chi connectivity index (χ1) is 9.22. The number of nitrogen functional groups attached to an aromatic ring is 1. The molecule has 0 atom stereocenters. The van der Waals surface area contributed by atoms with Crippen molar-refractivity contribution in [3.8, 4) is 0 Å². The lowest BCUT2D eigenvalue weighted by Crippen LogP contribution is -2.14. The Morgan fingerprint density at radius 3 is 2.74 bits per heavy atom. The van der Waals surface area contributed by atoms with E-state index in [1.165, 1.54) is 21.4 Å².